The minimum Gasteiger partial charge on any atom is -0.489 e. The van der Waals surface area contributed by atoms with Gasteiger partial charge in [0.25, 0.3) is 0 Å². The molecular formula is C20H21NO. The van der Waals surface area contributed by atoms with Gasteiger partial charge in [-0.25, -0.2) is 0 Å². The van der Waals surface area contributed by atoms with E-state index >= 15 is 0 Å². The van der Waals surface area contributed by atoms with Gasteiger partial charge in [-0.05, 0) is 25.5 Å². The third-order valence-corrected chi connectivity index (χ3v) is 3.77. The molecule has 0 aromatic heterocycles. The summed E-state index contributed by atoms with van der Waals surface area (Å²) in [6.45, 7) is 4.78. The van der Waals surface area contributed by atoms with E-state index in [2.05, 4.69) is 55.6 Å². The predicted molar refractivity (Wildman–Crippen MR) is 90.6 cm³/mol. The van der Waals surface area contributed by atoms with Crippen molar-refractivity contribution in [3.63, 3.8) is 0 Å². The smallest absolute Gasteiger partial charge is 0.123 e. The maximum absolute atomic E-state index is 6.07. The van der Waals surface area contributed by atoms with Crippen molar-refractivity contribution in [2.45, 2.75) is 26.4 Å². The van der Waals surface area contributed by atoms with Crippen molar-refractivity contribution in [2.24, 2.45) is 0 Å². The Morgan fingerprint density at radius 2 is 1.50 bits per heavy atom. The fourth-order valence-corrected chi connectivity index (χ4v) is 2.78. The van der Waals surface area contributed by atoms with E-state index in [1.807, 2.05) is 30.3 Å². The summed E-state index contributed by atoms with van der Waals surface area (Å²) in [6, 6.07) is 18.6. The average Bonchev–Trinajstić information content (AvgIpc) is 2.53. The van der Waals surface area contributed by atoms with Gasteiger partial charge in [-0.1, -0.05) is 60.7 Å². The maximum atomic E-state index is 6.07. The van der Waals surface area contributed by atoms with Gasteiger partial charge in [-0.15, -0.1) is 0 Å². The number of hydrogen-bond donors (Lipinski definition) is 1. The number of ether oxygens (including phenoxy) is 1. The summed E-state index contributed by atoms with van der Waals surface area (Å²) < 4.78 is 6.07. The van der Waals surface area contributed by atoms with Crippen LogP contribution in [0.4, 0.5) is 0 Å². The number of benzene rings is 2. The van der Waals surface area contributed by atoms with Gasteiger partial charge < -0.3 is 10.1 Å². The second kappa shape index (κ2) is 6.52. The van der Waals surface area contributed by atoms with Crippen LogP contribution >= 0.6 is 0 Å². The average molecular weight is 291 g/mol. The van der Waals surface area contributed by atoms with Crippen LogP contribution in [0.1, 0.15) is 30.9 Å². The minimum absolute atomic E-state index is 0.258. The zero-order chi connectivity index (χ0) is 15.4. The number of nitrogens with one attached hydrogen (secondary N) is 1. The van der Waals surface area contributed by atoms with E-state index in [4.69, 9.17) is 4.74 Å². The van der Waals surface area contributed by atoms with E-state index in [1.54, 1.807) is 0 Å². The molecule has 0 fully saturated rings. The molecule has 112 valence electrons. The van der Waals surface area contributed by atoms with Crippen LogP contribution in [0.15, 0.2) is 78.1 Å². The van der Waals surface area contributed by atoms with Gasteiger partial charge in [-0.3, -0.25) is 0 Å². The normalized spacial score (nSPS) is 14.8. The molecule has 22 heavy (non-hydrogen) atoms. The fourth-order valence-electron chi connectivity index (χ4n) is 2.78. The number of allylic oxidation sites excluding steroid dienone is 4. The highest BCUT2D eigenvalue weighted by Crippen LogP contribution is 2.32. The molecule has 0 saturated heterocycles. The maximum Gasteiger partial charge on any atom is 0.123 e. The lowest BCUT2D eigenvalue weighted by Gasteiger charge is -2.21. The number of hydrogen-bond acceptors (Lipinski definition) is 2. The molecule has 0 unspecified atom stereocenters. The lowest BCUT2D eigenvalue weighted by atomic mass is 9.94. The summed E-state index contributed by atoms with van der Waals surface area (Å²) in [5.41, 5.74) is 4.76. The third kappa shape index (κ3) is 3.40. The van der Waals surface area contributed by atoms with Gasteiger partial charge in [0.05, 0.1) is 0 Å². The Labute approximate surface area is 132 Å². The molecule has 2 aromatic rings. The molecule has 0 amide bonds. The number of dihydropyridines is 1. The van der Waals surface area contributed by atoms with Crippen LogP contribution in [-0.4, -0.2) is 0 Å². The Balaban J connectivity index is 1.82. The Bertz CT molecular complexity index is 683. The summed E-state index contributed by atoms with van der Waals surface area (Å²) in [5.74, 6) is 1.21. The third-order valence-electron chi connectivity index (χ3n) is 3.77. The first-order valence-corrected chi connectivity index (χ1v) is 7.62. The summed E-state index contributed by atoms with van der Waals surface area (Å²) in [4.78, 5) is 0. The van der Waals surface area contributed by atoms with E-state index in [9.17, 15) is 0 Å². The first-order chi connectivity index (χ1) is 10.7. The molecule has 0 saturated carbocycles. The Hall–Kier alpha value is -2.48. The quantitative estimate of drug-likeness (QED) is 0.877. The Kier molecular flexibility index (Phi) is 4.29. The molecule has 1 N–H and O–H groups in total. The highest BCUT2D eigenvalue weighted by Gasteiger charge is 2.15. The van der Waals surface area contributed by atoms with Crippen LogP contribution in [0.2, 0.25) is 0 Å². The molecular weight excluding hydrogens is 270 g/mol. The van der Waals surface area contributed by atoms with Crippen LogP contribution in [-0.2, 0) is 6.61 Å². The molecule has 2 heteroatoms. The lowest BCUT2D eigenvalue weighted by molar-refractivity contribution is 0.303. The van der Waals surface area contributed by atoms with Gasteiger partial charge in [0.1, 0.15) is 12.4 Å². The Morgan fingerprint density at radius 3 is 2.23 bits per heavy atom. The van der Waals surface area contributed by atoms with Crippen molar-refractivity contribution in [3.05, 3.63) is 89.3 Å². The number of rotatable bonds is 4. The van der Waals surface area contributed by atoms with Gasteiger partial charge in [0.15, 0.2) is 0 Å². The molecule has 3 rings (SSSR count). The van der Waals surface area contributed by atoms with Crippen LogP contribution in [0, 0.1) is 0 Å². The predicted octanol–water partition coefficient (Wildman–Crippen LogP) is 4.76. The van der Waals surface area contributed by atoms with Crippen molar-refractivity contribution in [3.8, 4) is 5.75 Å². The summed E-state index contributed by atoms with van der Waals surface area (Å²) in [7, 11) is 0. The summed E-state index contributed by atoms with van der Waals surface area (Å²) in [5, 5.41) is 3.34. The van der Waals surface area contributed by atoms with Crippen molar-refractivity contribution in [1.29, 1.82) is 0 Å². The lowest BCUT2D eigenvalue weighted by Crippen LogP contribution is -2.15. The molecule has 1 aliphatic heterocycles. The molecule has 1 heterocycles. The SMILES string of the molecule is CC1=CC(c2ccccc2OCc2ccccc2)C=C(C)N1. The van der Waals surface area contributed by atoms with Crippen molar-refractivity contribution in [2.75, 3.05) is 0 Å². The molecule has 2 aromatic carbocycles. The minimum atomic E-state index is 0.258. The molecule has 0 radical (unpaired) electrons. The summed E-state index contributed by atoms with van der Waals surface area (Å²) in [6.07, 6.45) is 4.47. The van der Waals surface area contributed by atoms with Crippen LogP contribution in [0.25, 0.3) is 0 Å². The number of para-hydroxylation sites is 1. The van der Waals surface area contributed by atoms with Gasteiger partial charge in [0.2, 0.25) is 0 Å². The Morgan fingerprint density at radius 1 is 0.864 bits per heavy atom. The van der Waals surface area contributed by atoms with Crippen molar-refractivity contribution >= 4 is 0 Å². The zero-order valence-corrected chi connectivity index (χ0v) is 13.0. The monoisotopic (exact) mass is 291 g/mol. The molecule has 0 atom stereocenters. The van der Waals surface area contributed by atoms with E-state index in [1.165, 1.54) is 22.5 Å². The highest BCUT2D eigenvalue weighted by atomic mass is 16.5. The van der Waals surface area contributed by atoms with E-state index in [-0.39, 0.29) is 5.92 Å². The second-order valence-electron chi connectivity index (χ2n) is 5.66. The van der Waals surface area contributed by atoms with Gasteiger partial charge in [-0.2, -0.15) is 0 Å². The molecule has 0 bridgehead atoms. The highest BCUT2D eigenvalue weighted by molar-refractivity contribution is 5.43. The van der Waals surface area contributed by atoms with Crippen LogP contribution in [0.3, 0.4) is 0 Å². The van der Waals surface area contributed by atoms with Crippen LogP contribution in [0.5, 0.6) is 5.75 Å². The first kappa shape index (κ1) is 14.5. The van der Waals surface area contributed by atoms with E-state index in [0.717, 1.165) is 5.75 Å². The van der Waals surface area contributed by atoms with E-state index < -0.39 is 0 Å². The topological polar surface area (TPSA) is 21.3 Å². The molecule has 1 aliphatic rings. The fraction of sp³-hybridized carbons (Fsp3) is 0.200. The molecule has 0 spiro atoms. The van der Waals surface area contributed by atoms with Crippen molar-refractivity contribution < 1.29 is 4.74 Å². The second-order valence-corrected chi connectivity index (χ2v) is 5.66. The molecule has 2 nitrogen and oxygen atoms in total. The van der Waals surface area contributed by atoms with Crippen molar-refractivity contribution in [1.82, 2.24) is 5.32 Å². The van der Waals surface area contributed by atoms with E-state index in [0.29, 0.717) is 6.61 Å². The van der Waals surface area contributed by atoms with Gasteiger partial charge >= 0.3 is 0 Å². The largest absolute Gasteiger partial charge is 0.489 e. The standard InChI is InChI=1S/C20H21NO/c1-15-12-18(13-16(2)21-15)19-10-6-7-11-20(19)22-14-17-8-4-3-5-9-17/h3-13,18,21H,14H2,1-2H3. The summed E-state index contributed by atoms with van der Waals surface area (Å²) >= 11 is 0. The zero-order valence-electron chi connectivity index (χ0n) is 13.0. The van der Waals surface area contributed by atoms with Gasteiger partial charge in [0, 0.05) is 22.9 Å². The first-order valence-electron chi connectivity index (χ1n) is 7.62. The van der Waals surface area contributed by atoms with Crippen LogP contribution < -0.4 is 10.1 Å². The molecule has 0 aliphatic carbocycles.